The van der Waals surface area contributed by atoms with Crippen LogP contribution in [0.1, 0.15) is 85.3 Å². The van der Waals surface area contributed by atoms with E-state index in [9.17, 15) is 9.59 Å². The standard InChI is InChI=1S/C35H46N4O2/c1-5-6-7-26(3)39-19-16-31(24-39)34(40)21-32-20-30(9-8-25(32)2)35(41)38-17-14-29(15-18-38)27-10-12-28(13-11-27)33-22-36-37(4)23-33/h8-13,20,22-23,26,29,31H,5-7,14-19,21,24H2,1-4H3. The normalized spacial score (nSPS) is 19.0. The molecule has 2 atom stereocenters. The largest absolute Gasteiger partial charge is 0.339 e. The Morgan fingerprint density at radius 1 is 1.00 bits per heavy atom. The number of carbonyl (C=O) groups excluding carboxylic acids is 2. The first-order chi connectivity index (χ1) is 19.8. The number of aryl methyl sites for hydroxylation is 2. The molecule has 6 heteroatoms. The van der Waals surface area contributed by atoms with Gasteiger partial charge in [0.2, 0.25) is 0 Å². The van der Waals surface area contributed by atoms with E-state index in [1.165, 1.54) is 30.4 Å². The molecular formula is C35H46N4O2. The molecule has 2 unspecified atom stereocenters. The van der Waals surface area contributed by atoms with Gasteiger partial charge in [-0.1, -0.05) is 50.1 Å². The number of likely N-dealkylation sites (tertiary alicyclic amines) is 2. The minimum atomic E-state index is 0.0841. The topological polar surface area (TPSA) is 58.4 Å². The zero-order chi connectivity index (χ0) is 28.9. The zero-order valence-corrected chi connectivity index (χ0v) is 25.3. The molecule has 218 valence electrons. The average molecular weight is 555 g/mol. The van der Waals surface area contributed by atoms with E-state index in [1.807, 2.05) is 47.2 Å². The molecule has 2 aliphatic rings. The van der Waals surface area contributed by atoms with Gasteiger partial charge in [-0.25, -0.2) is 0 Å². The highest BCUT2D eigenvalue weighted by Crippen LogP contribution is 2.31. The summed E-state index contributed by atoms with van der Waals surface area (Å²) in [4.78, 5) is 31.2. The van der Waals surface area contributed by atoms with Crippen molar-refractivity contribution >= 4 is 11.7 Å². The van der Waals surface area contributed by atoms with Crippen LogP contribution in [0.25, 0.3) is 11.1 Å². The van der Waals surface area contributed by atoms with Crippen LogP contribution in [-0.4, -0.2) is 63.5 Å². The van der Waals surface area contributed by atoms with Crippen LogP contribution in [0.2, 0.25) is 0 Å². The summed E-state index contributed by atoms with van der Waals surface area (Å²) in [7, 11) is 1.93. The van der Waals surface area contributed by atoms with Crippen LogP contribution in [0.3, 0.4) is 0 Å². The maximum Gasteiger partial charge on any atom is 0.253 e. The monoisotopic (exact) mass is 554 g/mol. The van der Waals surface area contributed by atoms with Gasteiger partial charge in [-0.2, -0.15) is 5.10 Å². The van der Waals surface area contributed by atoms with Crippen LogP contribution in [0.5, 0.6) is 0 Å². The third-order valence-corrected chi connectivity index (χ3v) is 9.44. The van der Waals surface area contributed by atoms with Gasteiger partial charge < -0.3 is 4.90 Å². The number of aromatic nitrogens is 2. The number of unbranched alkanes of at least 4 members (excludes halogenated alkanes) is 1. The minimum Gasteiger partial charge on any atom is -0.339 e. The van der Waals surface area contributed by atoms with Crippen molar-refractivity contribution in [3.8, 4) is 11.1 Å². The fourth-order valence-electron chi connectivity index (χ4n) is 6.58. The third kappa shape index (κ3) is 6.98. The Balaban J connectivity index is 1.15. The molecule has 2 aliphatic heterocycles. The van der Waals surface area contributed by atoms with Crippen molar-refractivity contribution in [2.75, 3.05) is 26.2 Å². The number of hydrogen-bond acceptors (Lipinski definition) is 4. The maximum atomic E-state index is 13.5. The summed E-state index contributed by atoms with van der Waals surface area (Å²) in [6, 6.07) is 15.3. The van der Waals surface area contributed by atoms with Crippen LogP contribution in [0, 0.1) is 12.8 Å². The molecule has 0 aliphatic carbocycles. The molecule has 1 amide bonds. The number of amides is 1. The first-order valence-corrected chi connectivity index (χ1v) is 15.6. The highest BCUT2D eigenvalue weighted by Gasteiger charge is 2.31. The van der Waals surface area contributed by atoms with E-state index in [0.29, 0.717) is 29.7 Å². The van der Waals surface area contributed by atoms with E-state index < -0.39 is 0 Å². The Morgan fingerprint density at radius 3 is 2.44 bits per heavy atom. The van der Waals surface area contributed by atoms with E-state index in [0.717, 1.165) is 62.1 Å². The number of carbonyl (C=O) groups is 2. The summed E-state index contributed by atoms with van der Waals surface area (Å²) in [5, 5.41) is 4.27. The molecule has 0 saturated carbocycles. The lowest BCUT2D eigenvalue weighted by Gasteiger charge is -2.32. The summed E-state index contributed by atoms with van der Waals surface area (Å²) < 4.78 is 1.82. The van der Waals surface area contributed by atoms with Crippen LogP contribution < -0.4 is 0 Å². The molecule has 5 rings (SSSR count). The van der Waals surface area contributed by atoms with Gasteiger partial charge in [-0.3, -0.25) is 19.2 Å². The number of piperidine rings is 1. The van der Waals surface area contributed by atoms with Crippen molar-refractivity contribution in [1.29, 1.82) is 0 Å². The molecular weight excluding hydrogens is 508 g/mol. The van der Waals surface area contributed by atoms with Gasteiger partial charge in [0.05, 0.1) is 6.20 Å². The molecule has 0 N–H and O–H groups in total. The molecule has 6 nitrogen and oxygen atoms in total. The molecule has 2 aromatic carbocycles. The van der Waals surface area contributed by atoms with Crippen molar-refractivity contribution in [2.24, 2.45) is 13.0 Å². The summed E-state index contributed by atoms with van der Waals surface area (Å²) in [5.74, 6) is 0.971. The quantitative estimate of drug-likeness (QED) is 0.290. The number of hydrogen-bond donors (Lipinski definition) is 0. The third-order valence-electron chi connectivity index (χ3n) is 9.44. The number of rotatable bonds is 10. The van der Waals surface area contributed by atoms with Crippen LogP contribution in [0.15, 0.2) is 54.9 Å². The highest BCUT2D eigenvalue weighted by molar-refractivity contribution is 5.95. The summed E-state index contributed by atoms with van der Waals surface area (Å²) in [6.45, 7) is 9.98. The molecule has 3 heterocycles. The SMILES string of the molecule is CCCCC(C)N1CCC(C(=O)Cc2cc(C(=O)N3CCC(c4ccc(-c5cnn(C)c5)cc4)CC3)ccc2C)C1. The molecule has 0 spiro atoms. The Labute approximate surface area is 245 Å². The number of benzene rings is 2. The van der Waals surface area contributed by atoms with E-state index >= 15 is 0 Å². The maximum absolute atomic E-state index is 13.5. The van der Waals surface area contributed by atoms with Crippen molar-refractivity contribution in [2.45, 2.75) is 77.7 Å². The molecule has 0 radical (unpaired) electrons. The van der Waals surface area contributed by atoms with Gasteiger partial charge in [-0.15, -0.1) is 0 Å². The molecule has 2 fully saturated rings. The Hall–Kier alpha value is -3.25. The van der Waals surface area contributed by atoms with E-state index in [-0.39, 0.29) is 11.8 Å². The average Bonchev–Trinajstić information content (AvgIpc) is 3.67. The Morgan fingerprint density at radius 2 is 1.76 bits per heavy atom. The second-order valence-corrected chi connectivity index (χ2v) is 12.3. The fourth-order valence-corrected chi connectivity index (χ4v) is 6.58. The zero-order valence-electron chi connectivity index (χ0n) is 25.3. The summed E-state index contributed by atoms with van der Waals surface area (Å²) in [5.41, 5.74) is 6.44. The van der Waals surface area contributed by atoms with Gasteiger partial charge in [-0.05, 0) is 86.4 Å². The van der Waals surface area contributed by atoms with Crippen molar-refractivity contribution in [3.05, 3.63) is 77.1 Å². The van der Waals surface area contributed by atoms with Gasteiger partial charge in [0, 0.05) is 62.4 Å². The van der Waals surface area contributed by atoms with Crippen molar-refractivity contribution < 1.29 is 9.59 Å². The first-order valence-electron chi connectivity index (χ1n) is 15.6. The number of Topliss-reactive ketones (excluding diaryl/α,β-unsaturated/α-hetero) is 1. The first kappa shape index (κ1) is 29.2. The predicted octanol–water partition coefficient (Wildman–Crippen LogP) is 6.43. The van der Waals surface area contributed by atoms with Gasteiger partial charge in [0.15, 0.2) is 0 Å². The lowest BCUT2D eigenvalue weighted by atomic mass is 9.88. The Bertz CT molecular complexity index is 1340. The molecule has 3 aromatic rings. The van der Waals surface area contributed by atoms with Gasteiger partial charge in [0.1, 0.15) is 5.78 Å². The molecule has 0 bridgehead atoms. The Kier molecular flexibility index (Phi) is 9.39. The van der Waals surface area contributed by atoms with Crippen LogP contribution >= 0.6 is 0 Å². The smallest absolute Gasteiger partial charge is 0.253 e. The predicted molar refractivity (Wildman–Crippen MR) is 165 cm³/mol. The summed E-state index contributed by atoms with van der Waals surface area (Å²) >= 11 is 0. The molecule has 1 aromatic heterocycles. The number of nitrogens with zero attached hydrogens (tertiary/aromatic N) is 4. The lowest BCUT2D eigenvalue weighted by Crippen LogP contribution is -2.38. The van der Waals surface area contributed by atoms with Crippen LogP contribution in [0.4, 0.5) is 0 Å². The van der Waals surface area contributed by atoms with E-state index in [4.69, 9.17) is 0 Å². The van der Waals surface area contributed by atoms with Gasteiger partial charge >= 0.3 is 0 Å². The number of ketones is 1. The van der Waals surface area contributed by atoms with Crippen molar-refractivity contribution in [3.63, 3.8) is 0 Å². The molecule has 2 saturated heterocycles. The molecule has 41 heavy (non-hydrogen) atoms. The highest BCUT2D eigenvalue weighted by atomic mass is 16.2. The summed E-state index contributed by atoms with van der Waals surface area (Å²) in [6.07, 6.45) is 10.9. The second-order valence-electron chi connectivity index (χ2n) is 12.3. The van der Waals surface area contributed by atoms with E-state index in [2.05, 4.69) is 55.0 Å². The second kappa shape index (κ2) is 13.2. The fraction of sp³-hybridized carbons (Fsp3) is 0.514. The van der Waals surface area contributed by atoms with Crippen LogP contribution in [-0.2, 0) is 18.3 Å². The van der Waals surface area contributed by atoms with Crippen molar-refractivity contribution in [1.82, 2.24) is 19.6 Å². The lowest BCUT2D eigenvalue weighted by molar-refractivity contribution is -0.121. The minimum absolute atomic E-state index is 0.0841. The van der Waals surface area contributed by atoms with E-state index in [1.54, 1.807) is 0 Å². The van der Waals surface area contributed by atoms with Gasteiger partial charge in [0.25, 0.3) is 5.91 Å².